The second-order valence-electron chi connectivity index (χ2n) is 7.28. The van der Waals surface area contributed by atoms with Crippen molar-refractivity contribution in [3.05, 3.63) is 59.7 Å². The fourth-order valence-electron chi connectivity index (χ4n) is 3.94. The summed E-state index contributed by atoms with van der Waals surface area (Å²) in [6.45, 7) is 4.20. The maximum absolute atomic E-state index is 12.6. The van der Waals surface area contributed by atoms with Crippen molar-refractivity contribution in [2.45, 2.75) is 32.2 Å². The highest BCUT2D eigenvalue weighted by atomic mass is 16.2. The molecule has 4 rings (SSSR count). The highest BCUT2D eigenvalue weighted by Gasteiger charge is 2.20. The third-order valence-corrected chi connectivity index (χ3v) is 5.52. The molecular weight excluding hydrogens is 322 g/mol. The van der Waals surface area contributed by atoms with Crippen LogP contribution in [0.15, 0.2) is 48.5 Å². The van der Waals surface area contributed by atoms with Crippen molar-refractivity contribution in [2.24, 2.45) is 0 Å². The molecule has 1 fully saturated rings. The summed E-state index contributed by atoms with van der Waals surface area (Å²) in [4.78, 5) is 17.0. The van der Waals surface area contributed by atoms with Crippen LogP contribution < -0.4 is 10.2 Å². The average Bonchev–Trinajstić information content (AvgIpc) is 2.72. The maximum Gasteiger partial charge on any atom is 0.242 e. The molecule has 4 heteroatoms. The smallest absolute Gasteiger partial charge is 0.242 e. The predicted molar refractivity (Wildman–Crippen MR) is 107 cm³/mol. The molecule has 2 aromatic rings. The van der Waals surface area contributed by atoms with Gasteiger partial charge in [-0.05, 0) is 61.1 Å². The molecular formula is C22H27N3O. The molecule has 2 aliphatic heterocycles. The molecule has 136 valence electrons. The lowest BCUT2D eigenvalue weighted by atomic mass is 10.00. The van der Waals surface area contributed by atoms with E-state index in [-0.39, 0.29) is 5.91 Å². The van der Waals surface area contributed by atoms with Crippen LogP contribution in [0.1, 0.15) is 30.4 Å². The molecule has 0 bridgehead atoms. The van der Waals surface area contributed by atoms with Gasteiger partial charge < -0.3 is 15.1 Å². The topological polar surface area (TPSA) is 35.6 Å². The van der Waals surface area contributed by atoms with Crippen LogP contribution in [0.3, 0.4) is 0 Å². The Labute approximate surface area is 155 Å². The number of carbonyl (C=O) groups is 1. The summed E-state index contributed by atoms with van der Waals surface area (Å²) < 4.78 is 0. The first-order chi connectivity index (χ1) is 12.8. The zero-order valence-corrected chi connectivity index (χ0v) is 15.3. The van der Waals surface area contributed by atoms with E-state index in [1.165, 1.54) is 36.1 Å². The molecule has 0 spiro atoms. The first-order valence-electron chi connectivity index (χ1n) is 9.73. The number of rotatable bonds is 4. The van der Waals surface area contributed by atoms with Gasteiger partial charge in [0, 0.05) is 37.6 Å². The summed E-state index contributed by atoms with van der Waals surface area (Å²) in [6, 6.07) is 16.9. The van der Waals surface area contributed by atoms with Gasteiger partial charge >= 0.3 is 0 Å². The molecule has 1 amide bonds. The molecule has 4 nitrogen and oxygen atoms in total. The zero-order valence-electron chi connectivity index (χ0n) is 15.3. The van der Waals surface area contributed by atoms with Gasteiger partial charge in [0.2, 0.25) is 5.91 Å². The number of piperidine rings is 1. The second-order valence-corrected chi connectivity index (χ2v) is 7.28. The molecule has 2 aliphatic rings. The van der Waals surface area contributed by atoms with Gasteiger partial charge in [-0.3, -0.25) is 4.79 Å². The minimum absolute atomic E-state index is 0.166. The zero-order chi connectivity index (χ0) is 17.8. The van der Waals surface area contributed by atoms with Gasteiger partial charge in [0.25, 0.3) is 0 Å². The van der Waals surface area contributed by atoms with Gasteiger partial charge in [0.1, 0.15) is 0 Å². The second kappa shape index (κ2) is 7.81. The van der Waals surface area contributed by atoms with Crippen molar-refractivity contribution in [3.8, 4) is 0 Å². The predicted octanol–water partition coefficient (Wildman–Crippen LogP) is 3.67. The first-order valence-corrected chi connectivity index (χ1v) is 9.73. The molecule has 1 saturated heterocycles. The summed E-state index contributed by atoms with van der Waals surface area (Å²) in [5.41, 5.74) is 4.95. The number of fused-ring (bicyclic) bond motifs is 1. The van der Waals surface area contributed by atoms with Crippen LogP contribution in [0.2, 0.25) is 0 Å². The molecule has 0 radical (unpaired) electrons. The number of benzene rings is 2. The highest BCUT2D eigenvalue weighted by molar-refractivity contribution is 5.81. The number of anilines is 2. The number of hydrogen-bond donors (Lipinski definition) is 1. The Morgan fingerprint density at radius 3 is 2.38 bits per heavy atom. The van der Waals surface area contributed by atoms with E-state index >= 15 is 0 Å². The lowest BCUT2D eigenvalue weighted by Crippen LogP contribution is -2.39. The summed E-state index contributed by atoms with van der Waals surface area (Å²) in [7, 11) is 0. The van der Waals surface area contributed by atoms with Crippen LogP contribution in [0.25, 0.3) is 0 Å². The maximum atomic E-state index is 12.6. The van der Waals surface area contributed by atoms with Crippen molar-refractivity contribution >= 4 is 17.3 Å². The van der Waals surface area contributed by atoms with Crippen molar-refractivity contribution in [3.63, 3.8) is 0 Å². The molecule has 0 aliphatic carbocycles. The van der Waals surface area contributed by atoms with Crippen molar-refractivity contribution < 1.29 is 4.79 Å². The van der Waals surface area contributed by atoms with E-state index in [2.05, 4.69) is 58.7 Å². The number of nitrogens with one attached hydrogen (secondary N) is 1. The van der Waals surface area contributed by atoms with Crippen LogP contribution in [0, 0.1) is 0 Å². The average molecular weight is 349 g/mol. The number of hydrogen-bond acceptors (Lipinski definition) is 3. The Bertz CT molecular complexity index is 750. The fraction of sp³-hybridized carbons (Fsp3) is 0.409. The van der Waals surface area contributed by atoms with Gasteiger partial charge in [0.05, 0.1) is 6.54 Å². The molecule has 0 aromatic heterocycles. The van der Waals surface area contributed by atoms with E-state index in [0.29, 0.717) is 6.54 Å². The summed E-state index contributed by atoms with van der Waals surface area (Å²) in [6.07, 6.45) is 4.87. The van der Waals surface area contributed by atoms with Crippen LogP contribution in [0.5, 0.6) is 0 Å². The minimum atomic E-state index is 0.166. The van der Waals surface area contributed by atoms with Crippen LogP contribution in [-0.2, 0) is 17.8 Å². The summed E-state index contributed by atoms with van der Waals surface area (Å²) in [5.74, 6) is 0.166. The largest absolute Gasteiger partial charge is 0.376 e. The monoisotopic (exact) mass is 349 g/mol. The van der Waals surface area contributed by atoms with Crippen molar-refractivity contribution in [1.82, 2.24) is 4.90 Å². The normalized spacial score (nSPS) is 16.9. The van der Waals surface area contributed by atoms with Gasteiger partial charge in [-0.2, -0.15) is 0 Å². The van der Waals surface area contributed by atoms with E-state index in [9.17, 15) is 4.79 Å². The highest BCUT2D eigenvalue weighted by Crippen LogP contribution is 2.22. The van der Waals surface area contributed by atoms with Crippen LogP contribution in [-0.4, -0.2) is 37.0 Å². The molecule has 26 heavy (non-hydrogen) atoms. The van der Waals surface area contributed by atoms with Crippen LogP contribution >= 0.6 is 0 Å². The van der Waals surface area contributed by atoms with E-state index < -0.39 is 0 Å². The Morgan fingerprint density at radius 1 is 0.885 bits per heavy atom. The molecule has 2 heterocycles. The molecule has 0 atom stereocenters. The van der Waals surface area contributed by atoms with Crippen LogP contribution in [0.4, 0.5) is 11.4 Å². The third-order valence-electron chi connectivity index (χ3n) is 5.52. The van der Waals surface area contributed by atoms with E-state index in [1.54, 1.807) is 0 Å². The molecule has 2 aromatic carbocycles. The van der Waals surface area contributed by atoms with Gasteiger partial charge in [-0.1, -0.05) is 24.3 Å². The van der Waals surface area contributed by atoms with Crippen molar-refractivity contribution in [2.75, 3.05) is 36.4 Å². The SMILES string of the molecule is O=C(CNc1ccc(N2CCCCC2)cc1)N1CCc2ccccc2C1. The summed E-state index contributed by atoms with van der Waals surface area (Å²) in [5, 5.41) is 3.29. The Kier molecular flexibility index (Phi) is 5.09. The summed E-state index contributed by atoms with van der Waals surface area (Å²) >= 11 is 0. The van der Waals surface area contributed by atoms with E-state index in [1.807, 2.05) is 4.90 Å². The molecule has 0 unspecified atom stereocenters. The number of carbonyl (C=O) groups excluding carboxylic acids is 1. The lowest BCUT2D eigenvalue weighted by Gasteiger charge is -2.29. The third kappa shape index (κ3) is 3.85. The molecule has 1 N–H and O–H groups in total. The quantitative estimate of drug-likeness (QED) is 0.915. The minimum Gasteiger partial charge on any atom is -0.376 e. The Morgan fingerprint density at radius 2 is 1.62 bits per heavy atom. The van der Waals surface area contributed by atoms with E-state index in [4.69, 9.17) is 0 Å². The van der Waals surface area contributed by atoms with Gasteiger partial charge in [0.15, 0.2) is 0 Å². The van der Waals surface area contributed by atoms with Gasteiger partial charge in [-0.15, -0.1) is 0 Å². The first kappa shape index (κ1) is 17.0. The van der Waals surface area contributed by atoms with E-state index in [0.717, 1.165) is 38.3 Å². The van der Waals surface area contributed by atoms with Crippen molar-refractivity contribution in [1.29, 1.82) is 0 Å². The molecule has 0 saturated carbocycles. The Balaban J connectivity index is 1.30. The number of nitrogens with zero attached hydrogens (tertiary/aromatic N) is 2. The van der Waals surface area contributed by atoms with Gasteiger partial charge in [-0.25, -0.2) is 0 Å². The lowest BCUT2D eigenvalue weighted by molar-refractivity contribution is -0.130. The number of amides is 1. The standard InChI is InChI=1S/C22H27N3O/c26-22(25-15-12-18-6-2-3-7-19(18)17-25)16-23-20-8-10-21(11-9-20)24-13-4-1-5-14-24/h2-3,6-11,23H,1,4-5,12-17H2. The fourth-order valence-corrected chi connectivity index (χ4v) is 3.94. The Hall–Kier alpha value is -2.49.